The van der Waals surface area contributed by atoms with Gasteiger partial charge >= 0.3 is 0 Å². The van der Waals surface area contributed by atoms with Gasteiger partial charge in [-0.25, -0.2) is 4.98 Å². The van der Waals surface area contributed by atoms with Gasteiger partial charge in [0.15, 0.2) is 11.5 Å². The van der Waals surface area contributed by atoms with Crippen LogP contribution >= 0.6 is 38.9 Å². The van der Waals surface area contributed by atoms with Crippen LogP contribution in [0.2, 0.25) is 5.02 Å². The Bertz CT molecular complexity index is 1230. The van der Waals surface area contributed by atoms with E-state index in [4.69, 9.17) is 21.1 Å². The zero-order valence-corrected chi connectivity index (χ0v) is 20.2. The molecule has 0 saturated carbocycles. The van der Waals surface area contributed by atoms with Gasteiger partial charge in [0.25, 0.3) is 0 Å². The lowest BCUT2D eigenvalue weighted by Crippen LogP contribution is -2.00. The Balaban J connectivity index is 1.44. The Morgan fingerprint density at radius 3 is 2.66 bits per heavy atom. The van der Waals surface area contributed by atoms with Crippen molar-refractivity contribution in [2.24, 2.45) is 5.10 Å². The van der Waals surface area contributed by atoms with Crippen molar-refractivity contribution < 1.29 is 9.47 Å². The fraction of sp³-hybridized carbons (Fsp3) is 0.0833. The van der Waals surface area contributed by atoms with Crippen LogP contribution in [0.5, 0.6) is 11.5 Å². The average Bonchev–Trinajstić information content (AvgIpc) is 3.29. The van der Waals surface area contributed by atoms with Crippen molar-refractivity contribution >= 4 is 50.2 Å². The zero-order valence-electron chi connectivity index (χ0n) is 17.1. The molecule has 4 rings (SSSR count). The van der Waals surface area contributed by atoms with Gasteiger partial charge in [-0.1, -0.05) is 60.1 Å². The summed E-state index contributed by atoms with van der Waals surface area (Å²) >= 11 is 11.3. The highest BCUT2D eigenvalue weighted by atomic mass is 79.9. The van der Waals surface area contributed by atoms with Crippen molar-refractivity contribution in [2.45, 2.75) is 6.61 Å². The molecule has 8 heteroatoms. The summed E-state index contributed by atoms with van der Waals surface area (Å²) in [5, 5.41) is 7.69. The molecule has 0 aliphatic rings. The Hall–Kier alpha value is -2.87. The van der Waals surface area contributed by atoms with E-state index < -0.39 is 0 Å². The molecule has 0 saturated heterocycles. The molecule has 1 N–H and O–H groups in total. The molecule has 4 aromatic rings. The van der Waals surface area contributed by atoms with Crippen molar-refractivity contribution in [3.8, 4) is 22.8 Å². The summed E-state index contributed by atoms with van der Waals surface area (Å²) in [4.78, 5) is 4.57. The number of hydrogen-bond acceptors (Lipinski definition) is 6. The summed E-state index contributed by atoms with van der Waals surface area (Å²) in [5.41, 5.74) is 6.70. The van der Waals surface area contributed by atoms with E-state index in [1.165, 1.54) is 11.3 Å². The van der Waals surface area contributed by atoms with E-state index in [2.05, 4.69) is 31.4 Å². The molecule has 0 aliphatic heterocycles. The van der Waals surface area contributed by atoms with Crippen LogP contribution in [0.1, 0.15) is 11.1 Å². The highest BCUT2D eigenvalue weighted by molar-refractivity contribution is 9.10. The molecular weight excluding hydrogens is 510 g/mol. The minimum atomic E-state index is 0.339. The molecular formula is C24H19BrClN3O2S. The average molecular weight is 529 g/mol. The highest BCUT2D eigenvalue weighted by Crippen LogP contribution is 2.34. The number of hydrogen-bond donors (Lipinski definition) is 1. The summed E-state index contributed by atoms with van der Waals surface area (Å²) in [6.45, 7) is 0.339. The van der Waals surface area contributed by atoms with Crippen LogP contribution in [0.4, 0.5) is 5.13 Å². The summed E-state index contributed by atoms with van der Waals surface area (Å²) < 4.78 is 12.3. The van der Waals surface area contributed by atoms with E-state index in [0.29, 0.717) is 28.3 Å². The Morgan fingerprint density at radius 2 is 1.88 bits per heavy atom. The number of benzene rings is 3. The molecule has 1 aromatic heterocycles. The zero-order chi connectivity index (χ0) is 22.3. The lowest BCUT2D eigenvalue weighted by Gasteiger charge is -2.13. The van der Waals surface area contributed by atoms with Gasteiger partial charge < -0.3 is 9.47 Å². The maximum Gasteiger partial charge on any atom is 0.203 e. The number of methoxy groups -OCH3 is 1. The quantitative estimate of drug-likeness (QED) is 0.193. The fourth-order valence-electron chi connectivity index (χ4n) is 2.92. The molecule has 0 unspecified atom stereocenters. The SMILES string of the molecule is COc1cc(C=NNc2nc(-c3ccccc3)cs2)c(Br)cc1OCc1ccccc1Cl. The van der Waals surface area contributed by atoms with E-state index >= 15 is 0 Å². The third-order valence-electron chi connectivity index (χ3n) is 4.56. The topological polar surface area (TPSA) is 55.7 Å². The number of ether oxygens (including phenoxy) is 2. The number of aromatic nitrogens is 1. The van der Waals surface area contributed by atoms with Gasteiger partial charge in [0, 0.05) is 31.6 Å². The van der Waals surface area contributed by atoms with Gasteiger partial charge in [-0.15, -0.1) is 11.3 Å². The first-order chi connectivity index (χ1) is 15.6. The second kappa shape index (κ2) is 10.6. The first-order valence-corrected chi connectivity index (χ1v) is 11.7. The predicted molar refractivity (Wildman–Crippen MR) is 135 cm³/mol. The number of anilines is 1. The van der Waals surface area contributed by atoms with Crippen LogP contribution in [0.3, 0.4) is 0 Å². The van der Waals surface area contributed by atoms with Crippen molar-refractivity contribution in [1.82, 2.24) is 4.98 Å². The smallest absolute Gasteiger partial charge is 0.203 e. The minimum absolute atomic E-state index is 0.339. The molecule has 0 bridgehead atoms. The van der Waals surface area contributed by atoms with Gasteiger partial charge in [-0.05, 0) is 34.1 Å². The summed E-state index contributed by atoms with van der Waals surface area (Å²) in [7, 11) is 1.60. The van der Waals surface area contributed by atoms with Crippen LogP contribution in [0.15, 0.2) is 81.7 Å². The fourth-order valence-corrected chi connectivity index (χ4v) is 4.20. The highest BCUT2D eigenvalue weighted by Gasteiger charge is 2.11. The lowest BCUT2D eigenvalue weighted by molar-refractivity contribution is 0.284. The second-order valence-corrected chi connectivity index (χ2v) is 8.80. The number of thiazole rings is 1. The number of nitrogens with one attached hydrogen (secondary N) is 1. The molecule has 0 atom stereocenters. The van der Waals surface area contributed by atoms with Crippen molar-refractivity contribution in [1.29, 1.82) is 0 Å². The third-order valence-corrected chi connectivity index (χ3v) is 6.36. The number of rotatable bonds is 8. The molecule has 0 amide bonds. The first-order valence-electron chi connectivity index (χ1n) is 9.68. The van der Waals surface area contributed by atoms with Crippen LogP contribution in [-0.4, -0.2) is 18.3 Å². The number of nitrogens with zero attached hydrogens (tertiary/aromatic N) is 2. The van der Waals surface area contributed by atoms with Crippen LogP contribution in [0.25, 0.3) is 11.3 Å². The molecule has 3 aromatic carbocycles. The van der Waals surface area contributed by atoms with E-state index in [1.54, 1.807) is 13.3 Å². The van der Waals surface area contributed by atoms with E-state index in [1.807, 2.05) is 72.1 Å². The van der Waals surface area contributed by atoms with Crippen molar-refractivity contribution in [3.05, 3.63) is 92.7 Å². The van der Waals surface area contributed by atoms with E-state index in [-0.39, 0.29) is 0 Å². The lowest BCUT2D eigenvalue weighted by atomic mass is 10.2. The first kappa shape index (κ1) is 22.3. The van der Waals surface area contributed by atoms with Crippen LogP contribution in [-0.2, 0) is 6.61 Å². The van der Waals surface area contributed by atoms with Gasteiger partial charge in [-0.3, -0.25) is 5.43 Å². The van der Waals surface area contributed by atoms with E-state index in [0.717, 1.165) is 26.9 Å². The Kier molecular flexibility index (Phi) is 7.42. The van der Waals surface area contributed by atoms with Gasteiger partial charge in [-0.2, -0.15) is 5.10 Å². The number of hydrazone groups is 1. The summed E-state index contributed by atoms with van der Waals surface area (Å²) in [6.07, 6.45) is 1.70. The van der Waals surface area contributed by atoms with Gasteiger partial charge in [0.1, 0.15) is 6.61 Å². The van der Waals surface area contributed by atoms with Crippen LogP contribution in [0, 0.1) is 0 Å². The molecule has 162 valence electrons. The molecule has 0 aliphatic carbocycles. The minimum Gasteiger partial charge on any atom is -0.493 e. The summed E-state index contributed by atoms with van der Waals surface area (Å²) in [5.74, 6) is 1.21. The largest absolute Gasteiger partial charge is 0.493 e. The Morgan fingerprint density at radius 1 is 1.09 bits per heavy atom. The number of halogens is 2. The van der Waals surface area contributed by atoms with E-state index in [9.17, 15) is 0 Å². The van der Waals surface area contributed by atoms with Crippen molar-refractivity contribution in [2.75, 3.05) is 12.5 Å². The van der Waals surface area contributed by atoms with Gasteiger partial charge in [0.05, 0.1) is 19.0 Å². The Labute approximate surface area is 203 Å². The maximum absolute atomic E-state index is 6.22. The maximum atomic E-state index is 6.22. The second-order valence-electron chi connectivity index (χ2n) is 6.68. The molecule has 0 radical (unpaired) electrons. The molecule has 32 heavy (non-hydrogen) atoms. The predicted octanol–water partition coefficient (Wildman–Crippen LogP) is 7.26. The monoisotopic (exact) mass is 527 g/mol. The standard InChI is InChI=1S/C24H19BrClN3O2S/c1-30-22-11-18(19(25)12-23(22)31-14-17-9-5-6-10-20(17)26)13-27-29-24-28-21(15-32-24)16-7-3-2-4-8-16/h2-13,15H,14H2,1H3,(H,28,29). The molecule has 0 fully saturated rings. The third kappa shape index (κ3) is 5.48. The molecule has 5 nitrogen and oxygen atoms in total. The normalized spacial score (nSPS) is 11.0. The molecule has 1 heterocycles. The van der Waals surface area contributed by atoms with Crippen LogP contribution < -0.4 is 14.9 Å². The van der Waals surface area contributed by atoms with Crippen molar-refractivity contribution in [3.63, 3.8) is 0 Å². The van der Waals surface area contributed by atoms with Gasteiger partial charge in [0.2, 0.25) is 5.13 Å². The summed E-state index contributed by atoms with van der Waals surface area (Å²) in [6, 6.07) is 21.3. The molecule has 0 spiro atoms.